The molecule has 0 radical (unpaired) electrons. The first-order valence-electron chi connectivity index (χ1n) is 10.2. The van der Waals surface area contributed by atoms with Crippen LogP contribution in [0.3, 0.4) is 0 Å². The van der Waals surface area contributed by atoms with Crippen molar-refractivity contribution >= 4 is 15.7 Å². The number of hydrogen-bond donors (Lipinski definition) is 0. The van der Waals surface area contributed by atoms with Crippen molar-refractivity contribution in [3.8, 4) is 0 Å². The molecule has 0 saturated carbocycles. The molecule has 1 fully saturated rings. The molecule has 1 saturated heterocycles. The summed E-state index contributed by atoms with van der Waals surface area (Å²) in [5.41, 5.74) is 1.30. The fourth-order valence-corrected chi connectivity index (χ4v) is 6.32. The second-order valence-corrected chi connectivity index (χ2v) is 10.4. The number of halogens is 3. The van der Waals surface area contributed by atoms with E-state index in [2.05, 4.69) is 11.5 Å². The Balaban J connectivity index is 1.69. The Labute approximate surface area is 181 Å². The van der Waals surface area contributed by atoms with Gasteiger partial charge >= 0.3 is 6.18 Å². The third-order valence-corrected chi connectivity index (χ3v) is 8.00. The number of likely N-dealkylation sites (tertiary alicyclic amines) is 1. The van der Waals surface area contributed by atoms with Gasteiger partial charge < -0.3 is 0 Å². The van der Waals surface area contributed by atoms with Crippen molar-refractivity contribution in [2.45, 2.75) is 36.3 Å². The van der Waals surface area contributed by atoms with Crippen LogP contribution in [0.15, 0.2) is 65.6 Å². The van der Waals surface area contributed by atoms with E-state index >= 15 is 0 Å². The number of para-hydroxylation sites is 1. The van der Waals surface area contributed by atoms with Gasteiger partial charge in [-0.15, -0.1) is 0 Å². The molecule has 1 spiro atoms. The van der Waals surface area contributed by atoms with Crippen LogP contribution >= 0.6 is 0 Å². The lowest BCUT2D eigenvalue weighted by Gasteiger charge is -2.40. The fraction of sp³-hybridized carbons (Fsp3) is 0.391. The topological polar surface area (TPSA) is 40.6 Å². The molecule has 0 unspecified atom stereocenters. The zero-order valence-corrected chi connectivity index (χ0v) is 18.1. The molecule has 4 rings (SSSR count). The highest BCUT2D eigenvalue weighted by Crippen LogP contribution is 2.49. The van der Waals surface area contributed by atoms with Gasteiger partial charge in [-0.3, -0.25) is 9.21 Å². The monoisotopic (exact) mass is 450 g/mol. The van der Waals surface area contributed by atoms with Gasteiger partial charge in [-0.1, -0.05) is 36.4 Å². The van der Waals surface area contributed by atoms with E-state index in [1.165, 1.54) is 10.4 Å². The van der Waals surface area contributed by atoms with Crippen LogP contribution in [0, 0.1) is 0 Å². The molecule has 2 aromatic rings. The Morgan fingerprint density at radius 1 is 1.10 bits per heavy atom. The first-order chi connectivity index (χ1) is 14.5. The van der Waals surface area contributed by atoms with Crippen molar-refractivity contribution in [2.75, 3.05) is 30.5 Å². The Kier molecular flexibility index (Phi) is 5.42. The molecule has 2 aliphatic heterocycles. The standard InChI is InChI=1S/C23H25F3N2O2S/c1-17(2)15-27-12-10-22(11-13-27)16-28(21-9-4-3-8-20(21)22)31(29,30)19-7-5-6-18(14-19)23(24,25)26/h3-9,14H,1,10-13,15-16H2,2H3. The van der Waals surface area contributed by atoms with Crippen molar-refractivity contribution in [3.63, 3.8) is 0 Å². The highest BCUT2D eigenvalue weighted by Gasteiger charge is 2.48. The minimum absolute atomic E-state index is 0.242. The molecule has 0 amide bonds. The van der Waals surface area contributed by atoms with E-state index in [1.54, 1.807) is 12.1 Å². The Morgan fingerprint density at radius 2 is 1.77 bits per heavy atom. The lowest BCUT2D eigenvalue weighted by molar-refractivity contribution is -0.137. The summed E-state index contributed by atoms with van der Waals surface area (Å²) in [7, 11) is -4.14. The Bertz CT molecular complexity index is 1100. The summed E-state index contributed by atoms with van der Waals surface area (Å²) in [6, 6.07) is 11.3. The van der Waals surface area contributed by atoms with Crippen molar-refractivity contribution in [1.29, 1.82) is 0 Å². The smallest absolute Gasteiger partial charge is 0.299 e. The van der Waals surface area contributed by atoms with Gasteiger partial charge in [-0.25, -0.2) is 8.42 Å². The predicted molar refractivity (Wildman–Crippen MR) is 115 cm³/mol. The van der Waals surface area contributed by atoms with Crippen LogP contribution in [0.25, 0.3) is 0 Å². The van der Waals surface area contributed by atoms with Gasteiger partial charge in [0.25, 0.3) is 10.0 Å². The molecular formula is C23H25F3N2O2S. The van der Waals surface area contributed by atoms with Gasteiger partial charge in [0.05, 0.1) is 16.1 Å². The molecule has 8 heteroatoms. The fourth-order valence-electron chi connectivity index (χ4n) is 4.71. The molecule has 0 atom stereocenters. The summed E-state index contributed by atoms with van der Waals surface area (Å²) in [6.07, 6.45) is -3.04. The van der Waals surface area contributed by atoms with Crippen LogP contribution in [0.2, 0.25) is 0 Å². The van der Waals surface area contributed by atoms with Gasteiger partial charge in [-0.05, 0) is 62.7 Å². The molecule has 2 heterocycles. The number of benzene rings is 2. The number of alkyl halides is 3. The van der Waals surface area contributed by atoms with E-state index in [-0.39, 0.29) is 16.9 Å². The minimum atomic E-state index is -4.61. The van der Waals surface area contributed by atoms with Crippen LogP contribution in [0.4, 0.5) is 18.9 Å². The van der Waals surface area contributed by atoms with Crippen LogP contribution in [-0.2, 0) is 21.6 Å². The largest absolute Gasteiger partial charge is 0.416 e. The maximum atomic E-state index is 13.4. The lowest BCUT2D eigenvalue weighted by Crippen LogP contribution is -2.46. The maximum absolute atomic E-state index is 13.4. The molecule has 0 bridgehead atoms. The van der Waals surface area contributed by atoms with Gasteiger partial charge in [-0.2, -0.15) is 13.2 Å². The first kappa shape index (κ1) is 21.9. The molecule has 166 valence electrons. The highest BCUT2D eigenvalue weighted by molar-refractivity contribution is 7.92. The van der Waals surface area contributed by atoms with Crippen LogP contribution in [-0.4, -0.2) is 39.5 Å². The summed E-state index contributed by atoms with van der Waals surface area (Å²) in [4.78, 5) is 1.97. The third kappa shape index (κ3) is 3.99. The molecule has 0 aromatic heterocycles. The number of fused-ring (bicyclic) bond motifs is 2. The van der Waals surface area contributed by atoms with Gasteiger partial charge in [0, 0.05) is 18.5 Å². The van der Waals surface area contributed by atoms with E-state index in [4.69, 9.17) is 0 Å². The number of nitrogens with zero attached hydrogens (tertiary/aromatic N) is 2. The van der Waals surface area contributed by atoms with Crippen molar-refractivity contribution in [2.24, 2.45) is 0 Å². The van der Waals surface area contributed by atoms with E-state index < -0.39 is 21.8 Å². The number of piperidine rings is 1. The Hall–Kier alpha value is -2.32. The van der Waals surface area contributed by atoms with Gasteiger partial charge in [0.1, 0.15) is 0 Å². The normalized spacial score (nSPS) is 18.9. The summed E-state index contributed by atoms with van der Waals surface area (Å²) in [5.74, 6) is 0. The third-order valence-electron chi connectivity index (χ3n) is 6.25. The van der Waals surface area contributed by atoms with E-state index in [1.807, 2.05) is 19.1 Å². The van der Waals surface area contributed by atoms with Gasteiger partial charge in [0.15, 0.2) is 0 Å². The highest BCUT2D eigenvalue weighted by atomic mass is 32.2. The molecule has 2 aromatic carbocycles. The summed E-state index contributed by atoms with van der Waals surface area (Å²) < 4.78 is 67.7. The minimum Gasteiger partial charge on any atom is -0.299 e. The first-order valence-corrected chi connectivity index (χ1v) is 11.6. The van der Waals surface area contributed by atoms with Crippen LogP contribution in [0.5, 0.6) is 0 Å². The van der Waals surface area contributed by atoms with Crippen LogP contribution in [0.1, 0.15) is 30.9 Å². The number of rotatable bonds is 4. The van der Waals surface area contributed by atoms with Gasteiger partial charge in [0.2, 0.25) is 0 Å². The average Bonchev–Trinajstić information content (AvgIpc) is 3.04. The number of hydrogen-bond acceptors (Lipinski definition) is 3. The predicted octanol–water partition coefficient (Wildman–Crippen LogP) is 4.82. The molecule has 31 heavy (non-hydrogen) atoms. The van der Waals surface area contributed by atoms with E-state index in [0.29, 0.717) is 5.69 Å². The average molecular weight is 451 g/mol. The maximum Gasteiger partial charge on any atom is 0.416 e. The second kappa shape index (κ2) is 7.67. The molecule has 2 aliphatic rings. The molecular weight excluding hydrogens is 425 g/mol. The Morgan fingerprint density at radius 3 is 2.42 bits per heavy atom. The number of anilines is 1. The zero-order chi connectivity index (χ0) is 22.4. The zero-order valence-electron chi connectivity index (χ0n) is 17.3. The lowest BCUT2D eigenvalue weighted by atomic mass is 9.74. The quantitative estimate of drug-likeness (QED) is 0.627. The second-order valence-electron chi connectivity index (χ2n) is 8.57. The van der Waals surface area contributed by atoms with Crippen molar-refractivity contribution in [1.82, 2.24) is 4.90 Å². The van der Waals surface area contributed by atoms with Crippen molar-refractivity contribution in [3.05, 3.63) is 71.8 Å². The van der Waals surface area contributed by atoms with Crippen LogP contribution < -0.4 is 4.31 Å². The summed E-state index contributed by atoms with van der Waals surface area (Å²) in [6.45, 7) is 8.64. The SMILES string of the molecule is C=C(C)CN1CCC2(CC1)CN(S(=O)(=O)c1cccc(C(F)(F)F)c1)c1ccccc12. The summed E-state index contributed by atoms with van der Waals surface area (Å²) in [5, 5.41) is 0. The summed E-state index contributed by atoms with van der Waals surface area (Å²) >= 11 is 0. The molecule has 4 nitrogen and oxygen atoms in total. The van der Waals surface area contributed by atoms with E-state index in [9.17, 15) is 21.6 Å². The van der Waals surface area contributed by atoms with Crippen molar-refractivity contribution < 1.29 is 21.6 Å². The van der Waals surface area contributed by atoms with E-state index in [0.717, 1.165) is 61.8 Å². The number of sulfonamides is 1. The molecule has 0 N–H and O–H groups in total. The molecule has 0 aliphatic carbocycles.